The highest BCUT2D eigenvalue weighted by Crippen LogP contribution is 2.41. The van der Waals surface area contributed by atoms with Crippen molar-refractivity contribution in [3.05, 3.63) is 94.9 Å². The summed E-state index contributed by atoms with van der Waals surface area (Å²) in [7, 11) is 3.86. The molecule has 0 aromatic heterocycles. The van der Waals surface area contributed by atoms with Gasteiger partial charge < -0.3 is 4.90 Å². The summed E-state index contributed by atoms with van der Waals surface area (Å²) in [6, 6.07) is 24.9. The highest BCUT2D eigenvalue weighted by atomic mass is 32.2. The van der Waals surface area contributed by atoms with Crippen LogP contribution in [0, 0.1) is 6.92 Å². The molecule has 2 amide bonds. The number of carbonyl (C=O) groups excluding carboxylic acids is 2. The average Bonchev–Trinajstić information content (AvgIpc) is 2.99. The van der Waals surface area contributed by atoms with Gasteiger partial charge in [0.1, 0.15) is 0 Å². The minimum Gasteiger partial charge on any atom is -0.378 e. The van der Waals surface area contributed by atoms with Crippen molar-refractivity contribution in [3.8, 4) is 0 Å². The van der Waals surface area contributed by atoms with Crippen molar-refractivity contribution in [2.75, 3.05) is 23.9 Å². The Kier molecular flexibility index (Phi) is 5.46. The third-order valence-electron chi connectivity index (χ3n) is 4.95. The Morgan fingerprint density at radius 2 is 1.50 bits per heavy atom. The first-order valence-corrected chi connectivity index (χ1v) is 10.5. The average molecular weight is 415 g/mol. The van der Waals surface area contributed by atoms with Gasteiger partial charge in [0.05, 0.1) is 16.2 Å². The second-order valence-corrected chi connectivity index (χ2v) is 8.43. The van der Waals surface area contributed by atoms with E-state index in [0.29, 0.717) is 16.2 Å². The molecular formula is C25H22N2O2S. The number of benzene rings is 3. The molecule has 0 unspecified atom stereocenters. The van der Waals surface area contributed by atoms with E-state index in [1.165, 1.54) is 16.7 Å². The molecule has 0 N–H and O–H groups in total. The summed E-state index contributed by atoms with van der Waals surface area (Å²) in [4.78, 5) is 31.6. The molecule has 0 atom stereocenters. The van der Waals surface area contributed by atoms with Crippen LogP contribution in [0.4, 0.5) is 11.4 Å². The Hall–Kier alpha value is -3.31. The number of aryl methyl sites for hydroxylation is 1. The minimum absolute atomic E-state index is 0.291. The first-order chi connectivity index (χ1) is 14.5. The molecule has 0 saturated carbocycles. The van der Waals surface area contributed by atoms with Crippen LogP contribution in [0.25, 0.3) is 5.57 Å². The number of thioether (sulfide) groups is 1. The predicted octanol–water partition coefficient (Wildman–Crippen LogP) is 5.14. The lowest BCUT2D eigenvalue weighted by molar-refractivity contribution is -0.119. The molecule has 3 aromatic carbocycles. The number of anilines is 2. The molecule has 150 valence electrons. The van der Waals surface area contributed by atoms with Gasteiger partial charge in [0, 0.05) is 24.7 Å². The maximum Gasteiger partial charge on any atom is 0.272 e. The second-order valence-electron chi connectivity index (χ2n) is 7.35. The van der Waals surface area contributed by atoms with Gasteiger partial charge in [0.25, 0.3) is 11.8 Å². The van der Waals surface area contributed by atoms with Gasteiger partial charge in [-0.05, 0) is 42.8 Å². The van der Waals surface area contributed by atoms with Crippen LogP contribution in [-0.2, 0) is 9.59 Å². The first-order valence-electron chi connectivity index (χ1n) is 9.66. The fourth-order valence-electron chi connectivity index (χ4n) is 3.33. The molecule has 0 aliphatic carbocycles. The molecule has 0 radical (unpaired) electrons. The zero-order valence-electron chi connectivity index (χ0n) is 17.1. The molecule has 4 nitrogen and oxygen atoms in total. The molecule has 0 bridgehead atoms. The minimum atomic E-state index is -0.293. The number of imide groups is 1. The summed E-state index contributed by atoms with van der Waals surface area (Å²) in [5, 5.41) is 0. The highest BCUT2D eigenvalue weighted by molar-refractivity contribution is 8.04. The smallest absolute Gasteiger partial charge is 0.272 e. The van der Waals surface area contributed by atoms with Crippen molar-refractivity contribution in [2.24, 2.45) is 0 Å². The molecule has 3 aromatic rings. The number of amides is 2. The van der Waals surface area contributed by atoms with Crippen molar-refractivity contribution < 1.29 is 9.59 Å². The molecule has 0 spiro atoms. The highest BCUT2D eigenvalue weighted by Gasteiger charge is 2.40. The van der Waals surface area contributed by atoms with Gasteiger partial charge in [-0.15, -0.1) is 0 Å². The lowest BCUT2D eigenvalue weighted by Gasteiger charge is -2.19. The zero-order chi connectivity index (χ0) is 21.3. The van der Waals surface area contributed by atoms with Crippen LogP contribution >= 0.6 is 11.8 Å². The molecule has 0 saturated heterocycles. The van der Waals surface area contributed by atoms with E-state index < -0.39 is 0 Å². The number of hydrogen-bond donors (Lipinski definition) is 0. The van der Waals surface area contributed by atoms with E-state index in [-0.39, 0.29) is 11.8 Å². The van der Waals surface area contributed by atoms with Gasteiger partial charge in [-0.1, -0.05) is 65.9 Å². The van der Waals surface area contributed by atoms with Crippen LogP contribution in [0.3, 0.4) is 0 Å². The van der Waals surface area contributed by atoms with E-state index in [9.17, 15) is 9.59 Å². The largest absolute Gasteiger partial charge is 0.378 e. The topological polar surface area (TPSA) is 40.6 Å². The predicted molar refractivity (Wildman–Crippen MR) is 124 cm³/mol. The van der Waals surface area contributed by atoms with Crippen LogP contribution in [-0.4, -0.2) is 25.9 Å². The molecule has 1 aliphatic rings. The summed E-state index contributed by atoms with van der Waals surface area (Å²) < 4.78 is 0. The van der Waals surface area contributed by atoms with Crippen molar-refractivity contribution >= 4 is 40.5 Å². The van der Waals surface area contributed by atoms with Crippen molar-refractivity contribution in [1.82, 2.24) is 0 Å². The fourth-order valence-corrected chi connectivity index (χ4v) is 4.35. The molecular weight excluding hydrogens is 392 g/mol. The number of hydrogen-bond acceptors (Lipinski definition) is 4. The summed E-state index contributed by atoms with van der Waals surface area (Å²) >= 11 is 1.34. The summed E-state index contributed by atoms with van der Waals surface area (Å²) in [5.41, 5.74) is 3.80. The second kappa shape index (κ2) is 8.20. The van der Waals surface area contributed by atoms with Crippen molar-refractivity contribution in [2.45, 2.75) is 11.8 Å². The molecule has 0 fully saturated rings. The summed E-state index contributed by atoms with van der Waals surface area (Å²) in [5.74, 6) is -0.585. The molecule has 1 aliphatic heterocycles. The first kappa shape index (κ1) is 20.0. The Morgan fingerprint density at radius 3 is 2.17 bits per heavy atom. The third-order valence-corrected chi connectivity index (χ3v) is 6.04. The van der Waals surface area contributed by atoms with Gasteiger partial charge >= 0.3 is 0 Å². The Labute approximate surface area is 180 Å². The quantitative estimate of drug-likeness (QED) is 0.542. The van der Waals surface area contributed by atoms with Crippen molar-refractivity contribution in [3.63, 3.8) is 0 Å². The van der Waals surface area contributed by atoms with E-state index in [1.54, 1.807) is 6.07 Å². The van der Waals surface area contributed by atoms with E-state index >= 15 is 0 Å². The van der Waals surface area contributed by atoms with E-state index in [2.05, 4.69) is 0 Å². The van der Waals surface area contributed by atoms with Crippen LogP contribution in [0.2, 0.25) is 0 Å². The zero-order valence-corrected chi connectivity index (χ0v) is 17.9. The molecule has 4 rings (SSSR count). The van der Waals surface area contributed by atoms with E-state index in [4.69, 9.17) is 0 Å². The maximum absolute atomic E-state index is 13.5. The lowest BCUT2D eigenvalue weighted by Crippen LogP contribution is -2.31. The Morgan fingerprint density at radius 1 is 0.800 bits per heavy atom. The Bertz CT molecular complexity index is 1140. The number of carbonyl (C=O) groups is 2. The van der Waals surface area contributed by atoms with Gasteiger partial charge in [-0.3, -0.25) is 9.59 Å². The maximum atomic E-state index is 13.5. The van der Waals surface area contributed by atoms with E-state index in [0.717, 1.165) is 21.7 Å². The third kappa shape index (κ3) is 3.76. The summed E-state index contributed by atoms with van der Waals surface area (Å²) in [6.07, 6.45) is 0. The van der Waals surface area contributed by atoms with Crippen LogP contribution in [0.5, 0.6) is 0 Å². The SMILES string of the molecule is Cc1ccc(C2=C(Sc3ccccc3)C(=O)N(c3cccc(N(C)C)c3)C2=O)cc1. The number of nitrogens with zero attached hydrogens (tertiary/aromatic N) is 2. The van der Waals surface area contributed by atoms with Crippen LogP contribution in [0.1, 0.15) is 11.1 Å². The molecule has 1 heterocycles. The van der Waals surface area contributed by atoms with Crippen LogP contribution in [0.15, 0.2) is 88.7 Å². The van der Waals surface area contributed by atoms with Crippen LogP contribution < -0.4 is 9.80 Å². The van der Waals surface area contributed by atoms with Gasteiger partial charge in [-0.2, -0.15) is 0 Å². The Balaban J connectivity index is 1.81. The van der Waals surface area contributed by atoms with Gasteiger partial charge in [0.15, 0.2) is 0 Å². The fraction of sp³-hybridized carbons (Fsp3) is 0.120. The normalized spacial score (nSPS) is 13.9. The van der Waals surface area contributed by atoms with E-state index in [1.807, 2.05) is 98.7 Å². The molecule has 5 heteroatoms. The van der Waals surface area contributed by atoms with Gasteiger partial charge in [0.2, 0.25) is 0 Å². The molecule has 30 heavy (non-hydrogen) atoms. The summed E-state index contributed by atoms with van der Waals surface area (Å²) in [6.45, 7) is 2.00. The van der Waals surface area contributed by atoms with Crippen molar-refractivity contribution in [1.29, 1.82) is 0 Å². The standard InChI is InChI=1S/C25H22N2O2S/c1-17-12-14-18(15-13-17)22-23(30-21-10-5-4-6-11-21)25(29)27(24(22)28)20-9-7-8-19(16-20)26(2)3/h4-16H,1-3H3. The lowest BCUT2D eigenvalue weighted by atomic mass is 10.0. The monoisotopic (exact) mass is 414 g/mol. The number of rotatable bonds is 5. The van der Waals surface area contributed by atoms with Gasteiger partial charge in [-0.25, -0.2) is 4.90 Å².